The van der Waals surface area contributed by atoms with Gasteiger partial charge < -0.3 is 10.5 Å². The van der Waals surface area contributed by atoms with Gasteiger partial charge in [-0.15, -0.1) is 0 Å². The molecule has 0 amide bonds. The van der Waals surface area contributed by atoms with Gasteiger partial charge in [-0.3, -0.25) is 9.69 Å². The molecule has 82 valence electrons. The first-order valence-corrected chi connectivity index (χ1v) is 5.06. The third-order valence-electron chi connectivity index (χ3n) is 2.08. The van der Waals surface area contributed by atoms with Gasteiger partial charge in [-0.2, -0.15) is 0 Å². The zero-order valence-corrected chi connectivity index (χ0v) is 9.25. The van der Waals surface area contributed by atoms with Crippen LogP contribution in [0.25, 0.3) is 0 Å². The average molecular weight is 200 g/mol. The van der Waals surface area contributed by atoms with Crippen molar-refractivity contribution in [1.29, 1.82) is 0 Å². The highest BCUT2D eigenvalue weighted by Gasteiger charge is 2.23. The number of hydrogen-bond donors (Lipinski definition) is 1. The summed E-state index contributed by atoms with van der Waals surface area (Å²) < 4.78 is 5.21. The van der Waals surface area contributed by atoms with E-state index >= 15 is 0 Å². The molecule has 0 aromatic rings. The Hall–Kier alpha value is -0.610. The minimum Gasteiger partial charge on any atom is -0.459 e. The van der Waals surface area contributed by atoms with Crippen molar-refractivity contribution in [2.45, 2.75) is 38.8 Å². The van der Waals surface area contributed by atoms with Crippen molar-refractivity contribution >= 4 is 5.97 Å². The number of nitrogens with zero attached hydrogens (tertiary/aromatic N) is 1. The zero-order valence-electron chi connectivity index (χ0n) is 9.25. The molecular weight excluding hydrogens is 180 g/mol. The first-order chi connectivity index (χ1) is 6.37. The highest BCUT2D eigenvalue weighted by Crippen LogP contribution is 2.10. The molecule has 0 saturated carbocycles. The van der Waals surface area contributed by atoms with Crippen molar-refractivity contribution in [2.24, 2.45) is 5.73 Å². The van der Waals surface area contributed by atoms with Crippen molar-refractivity contribution in [2.75, 3.05) is 19.6 Å². The van der Waals surface area contributed by atoms with Crippen LogP contribution in [0.2, 0.25) is 0 Å². The number of likely N-dealkylation sites (tertiary alicyclic amines) is 1. The summed E-state index contributed by atoms with van der Waals surface area (Å²) in [7, 11) is 0. The van der Waals surface area contributed by atoms with Crippen LogP contribution in [0, 0.1) is 0 Å². The number of carbonyl (C=O) groups excluding carboxylic acids is 1. The van der Waals surface area contributed by atoms with Crippen LogP contribution >= 0.6 is 0 Å². The Labute approximate surface area is 85.4 Å². The molecule has 0 radical (unpaired) electrons. The smallest absolute Gasteiger partial charge is 0.320 e. The predicted octanol–water partition coefficient (Wildman–Crippen LogP) is 0.361. The van der Waals surface area contributed by atoms with Crippen molar-refractivity contribution in [3.8, 4) is 0 Å². The van der Waals surface area contributed by atoms with E-state index in [1.54, 1.807) is 0 Å². The predicted molar refractivity (Wildman–Crippen MR) is 54.9 cm³/mol. The van der Waals surface area contributed by atoms with Crippen LogP contribution in [0.3, 0.4) is 0 Å². The molecule has 0 bridgehead atoms. The number of hydrogen-bond acceptors (Lipinski definition) is 4. The quantitative estimate of drug-likeness (QED) is 0.654. The van der Waals surface area contributed by atoms with E-state index in [1.807, 2.05) is 25.7 Å². The van der Waals surface area contributed by atoms with E-state index in [2.05, 4.69) is 0 Å². The Kier molecular flexibility index (Phi) is 3.50. The van der Waals surface area contributed by atoms with Crippen LogP contribution in [0.5, 0.6) is 0 Å². The van der Waals surface area contributed by atoms with Crippen LogP contribution in [0.1, 0.15) is 27.2 Å². The molecule has 1 saturated heterocycles. The second-order valence-electron chi connectivity index (χ2n) is 4.87. The maximum atomic E-state index is 11.4. The maximum Gasteiger partial charge on any atom is 0.320 e. The Bertz CT molecular complexity index is 211. The van der Waals surface area contributed by atoms with Crippen molar-refractivity contribution in [1.82, 2.24) is 4.90 Å². The summed E-state index contributed by atoms with van der Waals surface area (Å²) in [6.45, 7) is 7.70. The van der Waals surface area contributed by atoms with Crippen molar-refractivity contribution in [3.05, 3.63) is 0 Å². The molecule has 14 heavy (non-hydrogen) atoms. The Morgan fingerprint density at radius 2 is 2.21 bits per heavy atom. The van der Waals surface area contributed by atoms with Gasteiger partial charge in [0.15, 0.2) is 0 Å². The Balaban J connectivity index is 2.27. The van der Waals surface area contributed by atoms with Gasteiger partial charge in [0.1, 0.15) is 5.60 Å². The Morgan fingerprint density at radius 1 is 1.57 bits per heavy atom. The maximum absolute atomic E-state index is 11.4. The third kappa shape index (κ3) is 4.07. The molecule has 4 nitrogen and oxygen atoms in total. The number of nitrogens with two attached hydrogens (primary N) is 1. The van der Waals surface area contributed by atoms with Crippen molar-refractivity contribution in [3.63, 3.8) is 0 Å². The van der Waals surface area contributed by atoms with Gasteiger partial charge >= 0.3 is 5.97 Å². The largest absolute Gasteiger partial charge is 0.459 e. The number of rotatable bonds is 2. The molecule has 4 heteroatoms. The highest BCUT2D eigenvalue weighted by molar-refractivity contribution is 5.72. The van der Waals surface area contributed by atoms with Crippen LogP contribution in [-0.2, 0) is 9.53 Å². The van der Waals surface area contributed by atoms with Crippen LogP contribution in [0.15, 0.2) is 0 Å². The summed E-state index contributed by atoms with van der Waals surface area (Å²) in [5.74, 6) is -0.161. The molecule has 1 rings (SSSR count). The van der Waals surface area contributed by atoms with E-state index in [0.717, 1.165) is 19.5 Å². The van der Waals surface area contributed by atoms with Gasteiger partial charge in [0.05, 0.1) is 6.54 Å². The summed E-state index contributed by atoms with van der Waals surface area (Å²) in [6.07, 6.45) is 0.975. The molecular formula is C10H20N2O2. The molecule has 1 aliphatic heterocycles. The molecule has 0 aromatic carbocycles. The topological polar surface area (TPSA) is 55.6 Å². The molecule has 1 atom stereocenters. The standard InChI is InChI=1S/C10H20N2O2/c1-10(2,3)14-9(13)7-12-5-4-8(11)6-12/h8H,4-7,11H2,1-3H3. The van der Waals surface area contributed by atoms with Gasteiger partial charge in [-0.1, -0.05) is 0 Å². The second kappa shape index (κ2) is 4.28. The third-order valence-corrected chi connectivity index (χ3v) is 2.08. The minimum absolute atomic E-state index is 0.161. The molecule has 1 fully saturated rings. The van der Waals surface area contributed by atoms with Crippen LogP contribution in [0.4, 0.5) is 0 Å². The SMILES string of the molecule is CC(C)(C)OC(=O)CN1CCC(N)C1. The molecule has 1 aliphatic rings. The van der Waals surface area contributed by atoms with Crippen LogP contribution in [-0.4, -0.2) is 42.1 Å². The number of carbonyl (C=O) groups is 1. The summed E-state index contributed by atoms with van der Waals surface area (Å²) in [6, 6.07) is 0.220. The van der Waals surface area contributed by atoms with E-state index in [1.165, 1.54) is 0 Å². The highest BCUT2D eigenvalue weighted by atomic mass is 16.6. The van der Waals surface area contributed by atoms with Gasteiger partial charge in [0.2, 0.25) is 0 Å². The molecule has 0 spiro atoms. The number of ether oxygens (including phenoxy) is 1. The molecule has 2 N–H and O–H groups in total. The van der Waals surface area contributed by atoms with Gasteiger partial charge in [-0.05, 0) is 27.2 Å². The monoisotopic (exact) mass is 200 g/mol. The molecule has 1 unspecified atom stereocenters. The minimum atomic E-state index is -0.390. The molecule has 1 heterocycles. The summed E-state index contributed by atoms with van der Waals surface area (Å²) in [4.78, 5) is 13.5. The summed E-state index contributed by atoms with van der Waals surface area (Å²) >= 11 is 0. The van der Waals surface area contributed by atoms with E-state index in [-0.39, 0.29) is 17.6 Å². The fourth-order valence-electron chi connectivity index (χ4n) is 1.56. The normalized spacial score (nSPS) is 23.9. The molecule has 0 aromatic heterocycles. The summed E-state index contributed by atoms with van der Waals surface area (Å²) in [5, 5.41) is 0. The lowest BCUT2D eigenvalue weighted by Gasteiger charge is -2.22. The van der Waals surface area contributed by atoms with E-state index in [0.29, 0.717) is 6.54 Å². The lowest BCUT2D eigenvalue weighted by atomic mass is 10.2. The number of esters is 1. The lowest BCUT2D eigenvalue weighted by Crippen LogP contribution is -2.35. The van der Waals surface area contributed by atoms with E-state index < -0.39 is 0 Å². The Morgan fingerprint density at radius 3 is 2.64 bits per heavy atom. The second-order valence-corrected chi connectivity index (χ2v) is 4.87. The average Bonchev–Trinajstić information content (AvgIpc) is 2.30. The van der Waals surface area contributed by atoms with Crippen molar-refractivity contribution < 1.29 is 9.53 Å². The van der Waals surface area contributed by atoms with Crippen LogP contribution < -0.4 is 5.73 Å². The lowest BCUT2D eigenvalue weighted by molar-refractivity contribution is -0.155. The van der Waals surface area contributed by atoms with Gasteiger partial charge in [0.25, 0.3) is 0 Å². The zero-order chi connectivity index (χ0) is 10.8. The fourth-order valence-corrected chi connectivity index (χ4v) is 1.56. The fraction of sp³-hybridized carbons (Fsp3) is 0.900. The summed E-state index contributed by atoms with van der Waals surface area (Å²) in [5.41, 5.74) is 5.34. The van der Waals surface area contributed by atoms with Gasteiger partial charge in [0, 0.05) is 19.1 Å². The first-order valence-electron chi connectivity index (χ1n) is 5.06. The van der Waals surface area contributed by atoms with E-state index in [4.69, 9.17) is 10.5 Å². The first kappa shape index (κ1) is 11.5. The van der Waals surface area contributed by atoms with Gasteiger partial charge in [-0.25, -0.2) is 0 Å². The van der Waals surface area contributed by atoms with E-state index in [9.17, 15) is 4.79 Å². The molecule has 0 aliphatic carbocycles.